The largest absolute Gasteiger partial charge is 0.534 e. The number of aldehydes is 1. The number of ether oxygens (including phenoxy) is 1. The van der Waals surface area contributed by atoms with Crippen LogP contribution in [-0.4, -0.2) is 26.8 Å². The minimum Gasteiger partial charge on any atom is -0.493 e. The van der Waals surface area contributed by atoms with Crippen LogP contribution in [0.2, 0.25) is 0 Å². The fourth-order valence-electron chi connectivity index (χ4n) is 3.98. The van der Waals surface area contributed by atoms with Gasteiger partial charge in [0.05, 0.1) is 12.2 Å². The first-order valence-electron chi connectivity index (χ1n) is 8.99. The van der Waals surface area contributed by atoms with E-state index in [0.717, 1.165) is 38.5 Å². The van der Waals surface area contributed by atoms with Crippen LogP contribution in [0.1, 0.15) is 78.8 Å². The molecular weight excluding hydrogens is 385 g/mol. The van der Waals surface area contributed by atoms with Crippen LogP contribution in [0.15, 0.2) is 6.07 Å². The van der Waals surface area contributed by atoms with Crippen LogP contribution in [0.5, 0.6) is 11.5 Å². The van der Waals surface area contributed by atoms with Gasteiger partial charge in [0, 0.05) is 11.1 Å². The number of unbranched alkanes of at least 4 members (excludes halogenated alkanes) is 1. The molecule has 0 saturated heterocycles. The van der Waals surface area contributed by atoms with Crippen molar-refractivity contribution in [2.75, 3.05) is 6.61 Å². The highest BCUT2D eigenvalue weighted by Gasteiger charge is 2.50. The number of fused-ring (bicyclic) bond motifs is 2. The molecule has 1 saturated carbocycles. The molecule has 4 rings (SSSR count). The topological polar surface area (TPSA) is 69.7 Å². The summed E-state index contributed by atoms with van der Waals surface area (Å²) in [7, 11) is -5.87. The van der Waals surface area contributed by atoms with Crippen molar-refractivity contribution >= 4 is 16.4 Å². The van der Waals surface area contributed by atoms with E-state index in [0.29, 0.717) is 29.8 Å². The van der Waals surface area contributed by atoms with Crippen molar-refractivity contribution in [1.29, 1.82) is 0 Å². The normalized spacial score (nSPS) is 21.6. The fraction of sp³-hybridized carbons (Fsp3) is 0.611. The van der Waals surface area contributed by atoms with Crippen molar-refractivity contribution in [3.05, 3.63) is 22.8 Å². The molecule has 150 valence electrons. The van der Waals surface area contributed by atoms with Gasteiger partial charge in [-0.2, -0.15) is 21.6 Å². The first-order valence-corrected chi connectivity index (χ1v) is 10.4. The van der Waals surface area contributed by atoms with Crippen LogP contribution in [-0.2, 0) is 10.1 Å². The van der Waals surface area contributed by atoms with Gasteiger partial charge in [-0.3, -0.25) is 4.79 Å². The maximum Gasteiger partial charge on any atom is 0.534 e. The predicted octanol–water partition coefficient (Wildman–Crippen LogP) is 4.66. The Kier molecular flexibility index (Phi) is 5.42. The summed E-state index contributed by atoms with van der Waals surface area (Å²) in [5.74, 6) is -0.114. The number of halogens is 3. The van der Waals surface area contributed by atoms with E-state index in [9.17, 15) is 26.4 Å². The third kappa shape index (κ3) is 3.66. The minimum absolute atomic E-state index is 0.0678. The zero-order chi connectivity index (χ0) is 19.8. The standard InChI is InChI=1S/C18H21F3O5S/c1-2-3-8-25-14-9-13(10-22)17(26-27(23,24)18(19,20)21)16-12-6-4-11(5-7-12)15(14)16/h9-12H,2-8H2,1H3. The van der Waals surface area contributed by atoms with E-state index in [1.807, 2.05) is 6.92 Å². The van der Waals surface area contributed by atoms with E-state index in [4.69, 9.17) is 4.74 Å². The van der Waals surface area contributed by atoms with E-state index in [1.165, 1.54) is 6.07 Å². The second-order valence-corrected chi connectivity index (χ2v) is 8.51. The van der Waals surface area contributed by atoms with Crippen LogP contribution in [0.25, 0.3) is 0 Å². The van der Waals surface area contributed by atoms with Crippen molar-refractivity contribution < 1.29 is 35.3 Å². The number of carbonyl (C=O) groups is 1. The Morgan fingerprint density at radius 2 is 1.74 bits per heavy atom. The first-order chi connectivity index (χ1) is 12.7. The molecule has 1 fully saturated rings. The summed E-state index contributed by atoms with van der Waals surface area (Å²) < 4.78 is 72.0. The van der Waals surface area contributed by atoms with Crippen molar-refractivity contribution in [2.45, 2.75) is 62.8 Å². The van der Waals surface area contributed by atoms with Gasteiger partial charge in [0.2, 0.25) is 0 Å². The summed E-state index contributed by atoms with van der Waals surface area (Å²) in [4.78, 5) is 11.5. The molecule has 2 bridgehead atoms. The van der Waals surface area contributed by atoms with Gasteiger partial charge in [-0.25, -0.2) is 0 Å². The van der Waals surface area contributed by atoms with Gasteiger partial charge in [-0.15, -0.1) is 0 Å². The Labute approximate surface area is 156 Å². The average molecular weight is 406 g/mol. The lowest BCUT2D eigenvalue weighted by Gasteiger charge is -2.40. The van der Waals surface area contributed by atoms with Crippen LogP contribution >= 0.6 is 0 Å². The van der Waals surface area contributed by atoms with E-state index < -0.39 is 21.4 Å². The molecule has 5 nitrogen and oxygen atoms in total. The molecule has 1 aromatic rings. The highest BCUT2D eigenvalue weighted by atomic mass is 32.2. The van der Waals surface area contributed by atoms with E-state index >= 15 is 0 Å². The molecular formula is C18H21F3O5S. The zero-order valence-corrected chi connectivity index (χ0v) is 15.7. The lowest BCUT2D eigenvalue weighted by Crippen LogP contribution is -2.30. The summed E-state index contributed by atoms with van der Waals surface area (Å²) in [6.07, 6.45) is 5.16. The fourth-order valence-corrected chi connectivity index (χ4v) is 4.48. The third-order valence-electron chi connectivity index (χ3n) is 5.25. The second-order valence-electron chi connectivity index (χ2n) is 6.97. The van der Waals surface area contributed by atoms with Gasteiger partial charge in [-0.1, -0.05) is 13.3 Å². The van der Waals surface area contributed by atoms with Gasteiger partial charge in [-0.05, 0) is 50.0 Å². The number of alkyl halides is 3. The molecule has 0 spiro atoms. The van der Waals surface area contributed by atoms with Crippen LogP contribution in [0, 0.1) is 0 Å². The molecule has 9 heteroatoms. The van der Waals surface area contributed by atoms with E-state index in [2.05, 4.69) is 4.18 Å². The maximum absolute atomic E-state index is 12.8. The minimum atomic E-state index is -5.87. The van der Waals surface area contributed by atoms with Gasteiger partial charge < -0.3 is 8.92 Å². The average Bonchev–Trinajstić information content (AvgIpc) is 2.62. The van der Waals surface area contributed by atoms with Crippen LogP contribution in [0.4, 0.5) is 13.2 Å². The molecule has 0 unspecified atom stereocenters. The van der Waals surface area contributed by atoms with Gasteiger partial charge in [0.25, 0.3) is 0 Å². The summed E-state index contributed by atoms with van der Waals surface area (Å²) in [6.45, 7) is 2.41. The van der Waals surface area contributed by atoms with Gasteiger partial charge in [0.15, 0.2) is 12.0 Å². The third-order valence-corrected chi connectivity index (χ3v) is 6.20. The smallest absolute Gasteiger partial charge is 0.493 e. The number of benzene rings is 1. The Morgan fingerprint density at radius 1 is 1.15 bits per heavy atom. The Balaban J connectivity index is 2.14. The quantitative estimate of drug-likeness (QED) is 0.285. The summed E-state index contributed by atoms with van der Waals surface area (Å²) >= 11 is 0. The molecule has 1 aromatic carbocycles. The number of carbonyl (C=O) groups excluding carboxylic acids is 1. The molecule has 0 aromatic heterocycles. The summed E-state index contributed by atoms with van der Waals surface area (Å²) in [5.41, 5.74) is -4.71. The number of rotatable bonds is 7. The lowest BCUT2D eigenvalue weighted by molar-refractivity contribution is -0.0500. The van der Waals surface area contributed by atoms with Crippen molar-refractivity contribution in [3.63, 3.8) is 0 Å². The molecule has 0 atom stereocenters. The van der Waals surface area contributed by atoms with Gasteiger partial charge in [0.1, 0.15) is 5.75 Å². The monoisotopic (exact) mass is 406 g/mol. The summed E-state index contributed by atoms with van der Waals surface area (Å²) in [5, 5.41) is 0. The van der Waals surface area contributed by atoms with Gasteiger partial charge >= 0.3 is 15.6 Å². The molecule has 0 radical (unpaired) electrons. The summed E-state index contributed by atoms with van der Waals surface area (Å²) in [6, 6.07) is 1.31. The Morgan fingerprint density at radius 3 is 2.26 bits per heavy atom. The number of hydrogen-bond donors (Lipinski definition) is 0. The molecule has 3 aliphatic rings. The second kappa shape index (κ2) is 7.33. The van der Waals surface area contributed by atoms with Crippen molar-refractivity contribution in [1.82, 2.24) is 0 Å². The highest BCUT2D eigenvalue weighted by molar-refractivity contribution is 7.88. The van der Waals surface area contributed by atoms with Crippen molar-refractivity contribution in [3.8, 4) is 11.5 Å². The molecule has 0 amide bonds. The van der Waals surface area contributed by atoms with E-state index in [-0.39, 0.29) is 17.4 Å². The number of hydrogen-bond acceptors (Lipinski definition) is 5. The molecule has 27 heavy (non-hydrogen) atoms. The Hall–Kier alpha value is -1.77. The predicted molar refractivity (Wildman–Crippen MR) is 91.8 cm³/mol. The first kappa shape index (κ1) is 20.0. The zero-order valence-electron chi connectivity index (χ0n) is 14.8. The molecule has 0 N–H and O–H groups in total. The van der Waals surface area contributed by atoms with Crippen LogP contribution in [0.3, 0.4) is 0 Å². The van der Waals surface area contributed by atoms with Crippen molar-refractivity contribution in [2.24, 2.45) is 0 Å². The maximum atomic E-state index is 12.8. The Bertz CT molecular complexity index is 824. The SMILES string of the molecule is CCCCOc1cc(C=O)c(OS(=O)(=O)C(F)(F)F)c2c1C1CCC2CC1. The molecule has 0 aliphatic heterocycles. The lowest BCUT2D eigenvalue weighted by atomic mass is 9.66. The van der Waals surface area contributed by atoms with E-state index in [1.54, 1.807) is 0 Å². The van der Waals surface area contributed by atoms with Crippen LogP contribution < -0.4 is 8.92 Å². The molecule has 0 heterocycles. The molecule has 3 aliphatic carbocycles. The highest BCUT2D eigenvalue weighted by Crippen LogP contribution is 2.56.